The van der Waals surface area contributed by atoms with Gasteiger partial charge in [-0.25, -0.2) is 0 Å². The largest absolute Gasteiger partial charge is 0.497 e. The van der Waals surface area contributed by atoms with Crippen LogP contribution in [0.3, 0.4) is 0 Å². The minimum Gasteiger partial charge on any atom is -0.497 e. The van der Waals surface area contributed by atoms with Gasteiger partial charge in [0, 0.05) is 4.47 Å². The van der Waals surface area contributed by atoms with E-state index in [-0.39, 0.29) is 11.4 Å². The van der Waals surface area contributed by atoms with Crippen molar-refractivity contribution in [2.45, 2.75) is 6.61 Å². The van der Waals surface area contributed by atoms with Gasteiger partial charge in [-0.05, 0) is 46.3 Å². The molecule has 0 aliphatic rings. The molecule has 0 saturated carbocycles. The first-order valence-corrected chi connectivity index (χ1v) is 6.99. The molecule has 0 bridgehead atoms. The maximum absolute atomic E-state index is 12.4. The zero-order valence-corrected chi connectivity index (χ0v) is 13.1. The fourth-order valence-corrected chi connectivity index (χ4v) is 2.19. The molecule has 0 aliphatic heterocycles. The summed E-state index contributed by atoms with van der Waals surface area (Å²) in [5, 5.41) is 2.54. The van der Waals surface area contributed by atoms with E-state index in [0.717, 1.165) is 0 Å². The summed E-state index contributed by atoms with van der Waals surface area (Å²) in [5.41, 5.74) is 0.466. The van der Waals surface area contributed by atoms with Crippen LogP contribution in [0.15, 0.2) is 46.9 Å². The molecule has 22 heavy (non-hydrogen) atoms. The highest BCUT2D eigenvalue weighted by molar-refractivity contribution is 9.10. The zero-order valence-electron chi connectivity index (χ0n) is 11.5. The number of amides is 1. The van der Waals surface area contributed by atoms with Gasteiger partial charge in [0.05, 0.1) is 18.4 Å². The van der Waals surface area contributed by atoms with Crippen LogP contribution in [0.4, 0.5) is 14.5 Å². The number of anilines is 1. The van der Waals surface area contributed by atoms with E-state index in [1.54, 1.807) is 18.2 Å². The van der Waals surface area contributed by atoms with Gasteiger partial charge in [-0.15, -0.1) is 0 Å². The Morgan fingerprint density at radius 3 is 2.64 bits per heavy atom. The second kappa shape index (κ2) is 7.22. The smallest absolute Gasteiger partial charge is 0.387 e. The van der Waals surface area contributed by atoms with Crippen LogP contribution in [0.5, 0.6) is 11.5 Å². The monoisotopic (exact) mass is 371 g/mol. The molecule has 0 unspecified atom stereocenters. The summed E-state index contributed by atoms with van der Waals surface area (Å²) in [6.45, 7) is -2.97. The second-order valence-electron chi connectivity index (χ2n) is 4.17. The number of methoxy groups -OCH3 is 1. The first-order valence-electron chi connectivity index (χ1n) is 6.20. The standard InChI is InChI=1S/C15H12BrF2NO3/c1-21-9-6-7-11(16)10(8-9)14(20)19-12-4-2-3-5-13(12)22-15(17)18/h2-8,15H,1H3,(H,19,20). The summed E-state index contributed by atoms with van der Waals surface area (Å²) in [6.07, 6.45) is 0. The van der Waals surface area contributed by atoms with Crippen LogP contribution in [0.2, 0.25) is 0 Å². The molecule has 0 spiro atoms. The van der Waals surface area contributed by atoms with Gasteiger partial charge in [0.1, 0.15) is 11.5 Å². The third kappa shape index (κ3) is 3.94. The summed E-state index contributed by atoms with van der Waals surface area (Å²) in [7, 11) is 1.48. The number of nitrogens with one attached hydrogen (secondary N) is 1. The van der Waals surface area contributed by atoms with E-state index in [4.69, 9.17) is 4.74 Å². The summed E-state index contributed by atoms with van der Waals surface area (Å²) >= 11 is 3.26. The van der Waals surface area contributed by atoms with Crippen molar-refractivity contribution < 1.29 is 23.0 Å². The van der Waals surface area contributed by atoms with Gasteiger partial charge >= 0.3 is 6.61 Å². The van der Waals surface area contributed by atoms with Gasteiger partial charge in [-0.3, -0.25) is 4.79 Å². The highest BCUT2D eigenvalue weighted by Crippen LogP contribution is 2.28. The molecular formula is C15H12BrF2NO3. The predicted octanol–water partition coefficient (Wildman–Crippen LogP) is 4.31. The molecule has 2 aromatic rings. The Labute approximate surface area is 134 Å². The molecular weight excluding hydrogens is 360 g/mol. The molecule has 0 aromatic heterocycles. The van der Waals surface area contributed by atoms with Crippen LogP contribution in [-0.2, 0) is 0 Å². The van der Waals surface area contributed by atoms with Crippen LogP contribution < -0.4 is 14.8 Å². The number of benzene rings is 2. The van der Waals surface area contributed by atoms with Crippen molar-refractivity contribution in [2.24, 2.45) is 0 Å². The van der Waals surface area contributed by atoms with Crippen molar-refractivity contribution in [1.29, 1.82) is 0 Å². The Bertz CT molecular complexity index is 680. The van der Waals surface area contributed by atoms with Gasteiger partial charge in [-0.1, -0.05) is 12.1 Å². The summed E-state index contributed by atoms with van der Waals surface area (Å²) in [4.78, 5) is 12.3. The number of hydrogen-bond acceptors (Lipinski definition) is 3. The van der Waals surface area contributed by atoms with Crippen LogP contribution in [0.25, 0.3) is 0 Å². The average Bonchev–Trinajstić information content (AvgIpc) is 2.49. The van der Waals surface area contributed by atoms with E-state index in [1.165, 1.54) is 31.4 Å². The topological polar surface area (TPSA) is 47.6 Å². The first-order chi connectivity index (χ1) is 10.5. The highest BCUT2D eigenvalue weighted by Gasteiger charge is 2.15. The van der Waals surface area contributed by atoms with Gasteiger partial charge in [-0.2, -0.15) is 8.78 Å². The molecule has 2 aromatic carbocycles. The van der Waals surface area contributed by atoms with Crippen molar-refractivity contribution in [3.8, 4) is 11.5 Å². The Hall–Kier alpha value is -2.15. The lowest BCUT2D eigenvalue weighted by Gasteiger charge is -2.12. The molecule has 0 aliphatic carbocycles. The lowest BCUT2D eigenvalue weighted by molar-refractivity contribution is -0.0493. The molecule has 116 valence electrons. The minimum atomic E-state index is -2.97. The van der Waals surface area contributed by atoms with Gasteiger partial charge < -0.3 is 14.8 Å². The predicted molar refractivity (Wildman–Crippen MR) is 81.7 cm³/mol. The number of alkyl halides is 2. The number of carbonyl (C=O) groups is 1. The third-order valence-electron chi connectivity index (χ3n) is 2.77. The molecule has 4 nitrogen and oxygen atoms in total. The first kappa shape index (κ1) is 16.2. The fourth-order valence-electron chi connectivity index (χ4n) is 1.76. The maximum Gasteiger partial charge on any atom is 0.387 e. The summed E-state index contributed by atoms with van der Waals surface area (Å²) in [5.74, 6) is -0.0774. The lowest BCUT2D eigenvalue weighted by atomic mass is 10.2. The zero-order chi connectivity index (χ0) is 16.1. The molecule has 1 N–H and O–H groups in total. The fraction of sp³-hybridized carbons (Fsp3) is 0.133. The Kier molecular flexibility index (Phi) is 5.32. The number of halogens is 3. The van der Waals surface area contributed by atoms with Crippen LogP contribution >= 0.6 is 15.9 Å². The minimum absolute atomic E-state index is 0.107. The van der Waals surface area contributed by atoms with Crippen molar-refractivity contribution in [2.75, 3.05) is 12.4 Å². The van der Waals surface area contributed by atoms with Crippen LogP contribution in [-0.4, -0.2) is 19.6 Å². The van der Waals surface area contributed by atoms with Gasteiger partial charge in [0.15, 0.2) is 0 Å². The van der Waals surface area contributed by atoms with E-state index in [9.17, 15) is 13.6 Å². The second-order valence-corrected chi connectivity index (χ2v) is 5.03. The summed E-state index contributed by atoms with van der Waals surface area (Å²) in [6, 6.07) is 10.9. The van der Waals surface area contributed by atoms with Crippen molar-refractivity contribution in [3.05, 3.63) is 52.5 Å². The molecule has 0 atom stereocenters. The van der Waals surface area contributed by atoms with Crippen LogP contribution in [0, 0.1) is 0 Å². The number of ether oxygens (including phenoxy) is 2. The van der Waals surface area contributed by atoms with Crippen LogP contribution in [0.1, 0.15) is 10.4 Å². The number of para-hydroxylation sites is 2. The van der Waals surface area contributed by atoms with E-state index < -0.39 is 12.5 Å². The average molecular weight is 372 g/mol. The van der Waals surface area contributed by atoms with Crippen molar-refractivity contribution in [3.63, 3.8) is 0 Å². The summed E-state index contributed by atoms with van der Waals surface area (Å²) < 4.78 is 34.7. The lowest BCUT2D eigenvalue weighted by Crippen LogP contribution is -2.14. The quantitative estimate of drug-likeness (QED) is 0.851. The van der Waals surface area contributed by atoms with E-state index in [0.29, 0.717) is 15.8 Å². The molecule has 0 heterocycles. The molecule has 7 heteroatoms. The third-order valence-corrected chi connectivity index (χ3v) is 3.46. The van der Waals surface area contributed by atoms with Crippen molar-refractivity contribution >= 4 is 27.5 Å². The Morgan fingerprint density at radius 2 is 1.95 bits per heavy atom. The van der Waals surface area contributed by atoms with Gasteiger partial charge in [0.2, 0.25) is 0 Å². The highest BCUT2D eigenvalue weighted by atomic mass is 79.9. The number of hydrogen-bond donors (Lipinski definition) is 1. The van der Waals surface area contributed by atoms with E-state index in [2.05, 4.69) is 26.0 Å². The number of rotatable bonds is 5. The molecule has 0 fully saturated rings. The Balaban J connectivity index is 2.26. The number of carbonyl (C=O) groups excluding carboxylic acids is 1. The van der Waals surface area contributed by atoms with E-state index >= 15 is 0 Å². The molecule has 0 saturated heterocycles. The maximum atomic E-state index is 12.4. The van der Waals surface area contributed by atoms with E-state index in [1.807, 2.05) is 0 Å². The molecule has 1 amide bonds. The molecule has 0 radical (unpaired) electrons. The van der Waals surface area contributed by atoms with Crippen molar-refractivity contribution in [1.82, 2.24) is 0 Å². The SMILES string of the molecule is COc1ccc(Br)c(C(=O)Nc2ccccc2OC(F)F)c1. The Morgan fingerprint density at radius 1 is 1.23 bits per heavy atom. The van der Waals surface area contributed by atoms with Gasteiger partial charge in [0.25, 0.3) is 5.91 Å². The molecule has 2 rings (SSSR count). The normalized spacial score (nSPS) is 10.4.